The van der Waals surface area contributed by atoms with Crippen molar-refractivity contribution in [1.29, 1.82) is 0 Å². The van der Waals surface area contributed by atoms with Gasteiger partial charge >= 0.3 is 6.03 Å². The Morgan fingerprint density at radius 1 is 1.07 bits per heavy atom. The van der Waals surface area contributed by atoms with Gasteiger partial charge in [0.2, 0.25) is 0 Å². The van der Waals surface area contributed by atoms with Crippen LogP contribution in [0.5, 0.6) is 0 Å². The van der Waals surface area contributed by atoms with Crippen LogP contribution in [-0.2, 0) is 0 Å². The number of urea groups is 1. The summed E-state index contributed by atoms with van der Waals surface area (Å²) < 4.78 is 26.9. The molecule has 0 bridgehead atoms. The van der Waals surface area contributed by atoms with Gasteiger partial charge in [-0.2, -0.15) is 0 Å². The predicted molar refractivity (Wildman–Crippen MR) is 114 cm³/mol. The molecule has 3 amide bonds. The van der Waals surface area contributed by atoms with Crippen molar-refractivity contribution in [2.24, 2.45) is 0 Å². The Kier molecular flexibility index (Phi) is 5.69. The zero-order valence-electron chi connectivity index (χ0n) is 16.7. The van der Waals surface area contributed by atoms with Gasteiger partial charge in [0, 0.05) is 37.0 Å². The lowest BCUT2D eigenvalue weighted by molar-refractivity contribution is 0.0585. The van der Waals surface area contributed by atoms with Crippen molar-refractivity contribution >= 4 is 29.4 Å². The highest BCUT2D eigenvalue weighted by Gasteiger charge is 2.47. The summed E-state index contributed by atoms with van der Waals surface area (Å²) >= 11 is 1.77. The molecule has 2 aromatic rings. The second-order valence-corrected chi connectivity index (χ2v) is 9.06. The molecule has 158 valence electrons. The van der Waals surface area contributed by atoms with Crippen LogP contribution in [0.3, 0.4) is 0 Å². The van der Waals surface area contributed by atoms with Gasteiger partial charge < -0.3 is 15.1 Å². The summed E-state index contributed by atoms with van der Waals surface area (Å²) in [7, 11) is 0. The molecule has 30 heavy (non-hydrogen) atoms. The quantitative estimate of drug-likeness (QED) is 0.763. The molecule has 2 aliphatic heterocycles. The van der Waals surface area contributed by atoms with Gasteiger partial charge in [0.15, 0.2) is 0 Å². The second kappa shape index (κ2) is 8.26. The minimum Gasteiger partial charge on any atom is -0.324 e. The molecule has 2 heterocycles. The third kappa shape index (κ3) is 3.88. The van der Waals surface area contributed by atoms with E-state index in [0.717, 1.165) is 23.4 Å². The van der Waals surface area contributed by atoms with Crippen LogP contribution in [0, 0.1) is 18.6 Å². The van der Waals surface area contributed by atoms with Crippen LogP contribution in [-0.4, -0.2) is 52.0 Å². The Hall–Kier alpha value is -2.61. The summed E-state index contributed by atoms with van der Waals surface area (Å²) in [5, 5.41) is 2.51. The van der Waals surface area contributed by atoms with E-state index in [4.69, 9.17) is 0 Å². The Morgan fingerprint density at radius 2 is 1.80 bits per heavy atom. The third-order valence-corrected chi connectivity index (χ3v) is 7.36. The van der Waals surface area contributed by atoms with Gasteiger partial charge in [0.25, 0.3) is 5.91 Å². The maximum atomic E-state index is 13.8. The van der Waals surface area contributed by atoms with Crippen molar-refractivity contribution in [2.45, 2.75) is 24.6 Å². The largest absolute Gasteiger partial charge is 0.324 e. The molecule has 0 atom stereocenters. The average molecular weight is 432 g/mol. The van der Waals surface area contributed by atoms with E-state index in [1.54, 1.807) is 16.7 Å². The molecule has 0 radical (unpaired) electrons. The van der Waals surface area contributed by atoms with Crippen LogP contribution in [0.1, 0.15) is 28.8 Å². The summed E-state index contributed by atoms with van der Waals surface area (Å²) in [6.45, 7) is 3.54. The SMILES string of the molecule is Cc1ccccc1C(=O)N1CCSC12CCN(C(=O)Nc1ccc(F)cc1F)CC2. The monoisotopic (exact) mass is 431 g/mol. The first-order valence-corrected chi connectivity index (χ1v) is 10.9. The Bertz CT molecular complexity index is 977. The molecular weight excluding hydrogens is 408 g/mol. The summed E-state index contributed by atoms with van der Waals surface area (Å²) in [5.74, 6) is -0.602. The topological polar surface area (TPSA) is 52.7 Å². The highest BCUT2D eigenvalue weighted by molar-refractivity contribution is 8.00. The number of nitrogens with one attached hydrogen (secondary N) is 1. The van der Waals surface area contributed by atoms with E-state index in [9.17, 15) is 18.4 Å². The van der Waals surface area contributed by atoms with Gasteiger partial charge in [-0.3, -0.25) is 4.79 Å². The van der Waals surface area contributed by atoms with Crippen LogP contribution in [0.4, 0.5) is 19.3 Å². The van der Waals surface area contributed by atoms with Gasteiger partial charge in [-0.1, -0.05) is 18.2 Å². The molecule has 8 heteroatoms. The normalized spacial score (nSPS) is 18.0. The Morgan fingerprint density at radius 3 is 2.50 bits per heavy atom. The van der Waals surface area contributed by atoms with E-state index in [1.165, 1.54) is 6.07 Å². The van der Waals surface area contributed by atoms with Crippen molar-refractivity contribution in [3.05, 3.63) is 65.2 Å². The molecule has 0 saturated carbocycles. The summed E-state index contributed by atoms with van der Waals surface area (Å²) in [6.07, 6.45) is 1.29. The Balaban J connectivity index is 1.43. The minimum atomic E-state index is -0.807. The maximum absolute atomic E-state index is 13.8. The molecule has 2 aromatic carbocycles. The zero-order chi connectivity index (χ0) is 21.3. The lowest BCUT2D eigenvalue weighted by Crippen LogP contribution is -2.54. The average Bonchev–Trinajstić information content (AvgIpc) is 3.13. The molecule has 0 aliphatic carbocycles. The van der Waals surface area contributed by atoms with E-state index in [0.29, 0.717) is 38.0 Å². The number of benzene rings is 2. The van der Waals surface area contributed by atoms with Crippen LogP contribution in [0.25, 0.3) is 0 Å². The smallest absolute Gasteiger partial charge is 0.321 e. The maximum Gasteiger partial charge on any atom is 0.321 e. The minimum absolute atomic E-state index is 0.0318. The second-order valence-electron chi connectivity index (χ2n) is 7.61. The number of rotatable bonds is 2. The number of halogens is 2. The predicted octanol–water partition coefficient (Wildman–Crippen LogP) is 4.49. The number of hydrogen-bond donors (Lipinski definition) is 1. The molecule has 2 aliphatic rings. The van der Waals surface area contributed by atoms with Crippen LogP contribution < -0.4 is 5.32 Å². The lowest BCUT2D eigenvalue weighted by Gasteiger charge is -2.44. The fourth-order valence-electron chi connectivity index (χ4n) is 4.11. The van der Waals surface area contributed by atoms with Crippen LogP contribution in [0.2, 0.25) is 0 Å². The summed E-state index contributed by atoms with van der Waals surface area (Å²) in [4.78, 5) is 29.0. The number of amides is 3. The molecular formula is C22H23F2N3O2S. The van der Waals surface area contributed by atoms with Crippen LogP contribution in [0.15, 0.2) is 42.5 Å². The van der Waals surface area contributed by atoms with Crippen molar-refractivity contribution in [2.75, 3.05) is 30.7 Å². The van der Waals surface area contributed by atoms with Gasteiger partial charge in [-0.15, -0.1) is 11.8 Å². The highest BCUT2D eigenvalue weighted by Crippen LogP contribution is 2.44. The molecule has 2 fully saturated rings. The molecule has 1 N–H and O–H groups in total. The molecule has 4 rings (SSSR count). The van der Waals surface area contributed by atoms with Crippen molar-refractivity contribution in [3.8, 4) is 0 Å². The first-order valence-electron chi connectivity index (χ1n) is 9.92. The van der Waals surface area contributed by atoms with Crippen LogP contribution >= 0.6 is 11.8 Å². The highest BCUT2D eigenvalue weighted by atomic mass is 32.2. The number of hydrogen-bond acceptors (Lipinski definition) is 3. The van der Waals surface area contributed by atoms with E-state index < -0.39 is 17.7 Å². The number of piperidine rings is 1. The lowest BCUT2D eigenvalue weighted by atomic mass is 10.00. The van der Waals surface area contributed by atoms with Crippen molar-refractivity contribution in [1.82, 2.24) is 9.80 Å². The van der Waals surface area contributed by atoms with Crippen molar-refractivity contribution in [3.63, 3.8) is 0 Å². The summed E-state index contributed by atoms with van der Waals surface area (Å²) in [5.41, 5.74) is 1.62. The molecule has 1 spiro atoms. The fraction of sp³-hybridized carbons (Fsp3) is 0.364. The van der Waals surface area contributed by atoms with Gasteiger partial charge in [-0.05, 0) is 43.5 Å². The number of anilines is 1. The number of carbonyl (C=O) groups is 2. The first-order chi connectivity index (χ1) is 14.4. The molecule has 0 unspecified atom stereocenters. The molecule has 2 saturated heterocycles. The Labute approximate surface area is 178 Å². The number of thioether (sulfide) groups is 1. The molecule has 5 nitrogen and oxygen atoms in total. The number of carbonyl (C=O) groups excluding carboxylic acids is 2. The number of likely N-dealkylation sites (tertiary alicyclic amines) is 1. The number of nitrogens with zero attached hydrogens (tertiary/aromatic N) is 2. The molecule has 0 aromatic heterocycles. The van der Waals surface area contributed by atoms with E-state index in [-0.39, 0.29) is 16.5 Å². The third-order valence-electron chi connectivity index (χ3n) is 5.80. The van der Waals surface area contributed by atoms with Gasteiger partial charge in [-0.25, -0.2) is 13.6 Å². The zero-order valence-corrected chi connectivity index (χ0v) is 17.5. The van der Waals surface area contributed by atoms with E-state index in [2.05, 4.69) is 5.32 Å². The van der Waals surface area contributed by atoms with Gasteiger partial charge in [0.1, 0.15) is 11.6 Å². The fourth-order valence-corrected chi connectivity index (χ4v) is 5.57. The standard InChI is InChI=1S/C22H23F2N3O2S/c1-15-4-2-3-5-17(15)20(28)27-12-13-30-22(27)8-10-26(11-9-22)21(29)25-19-7-6-16(23)14-18(19)24/h2-7,14H,8-13H2,1H3,(H,25,29). The first kappa shape index (κ1) is 20.7. The van der Waals surface area contributed by atoms with E-state index in [1.807, 2.05) is 36.1 Å². The van der Waals surface area contributed by atoms with Gasteiger partial charge in [0.05, 0.1) is 10.6 Å². The van der Waals surface area contributed by atoms with E-state index >= 15 is 0 Å². The van der Waals surface area contributed by atoms with Crippen molar-refractivity contribution < 1.29 is 18.4 Å². The number of aryl methyl sites for hydroxylation is 1. The summed E-state index contributed by atoms with van der Waals surface area (Å²) in [6, 6.07) is 10.2.